The molecule has 1 aromatic carbocycles. The van der Waals surface area contributed by atoms with E-state index in [1.807, 2.05) is 18.5 Å². The first-order chi connectivity index (χ1) is 16.3. The number of aromatic nitrogens is 6. The molecule has 34 heavy (non-hydrogen) atoms. The van der Waals surface area contributed by atoms with E-state index in [9.17, 15) is 13.6 Å². The van der Waals surface area contributed by atoms with Gasteiger partial charge in [-0.2, -0.15) is 9.49 Å². The van der Waals surface area contributed by atoms with Crippen molar-refractivity contribution in [1.29, 1.82) is 0 Å². The zero-order valence-electron chi connectivity index (χ0n) is 17.9. The number of hydrogen-bond donors (Lipinski definition) is 1. The van der Waals surface area contributed by atoms with Crippen molar-refractivity contribution in [2.75, 3.05) is 5.32 Å². The molecule has 0 aliphatic heterocycles. The van der Waals surface area contributed by atoms with E-state index in [1.165, 1.54) is 28.9 Å². The van der Waals surface area contributed by atoms with E-state index in [0.29, 0.717) is 21.6 Å². The van der Waals surface area contributed by atoms with E-state index in [-0.39, 0.29) is 17.2 Å². The molecule has 170 valence electrons. The van der Waals surface area contributed by atoms with Gasteiger partial charge in [0.1, 0.15) is 17.3 Å². The highest BCUT2D eigenvalue weighted by Gasteiger charge is 2.20. The number of carbonyl (C=O) groups excluding carboxylic acids is 1. The van der Waals surface area contributed by atoms with E-state index < -0.39 is 11.9 Å². The maximum atomic E-state index is 13.4. The van der Waals surface area contributed by atoms with Gasteiger partial charge in [0.05, 0.1) is 11.4 Å². The molecule has 0 aliphatic rings. The Balaban J connectivity index is 1.55. The SMILES string of the molecule is Cc1nc(-c2ccc(F)cc2)c(-c2ccc3nc(NC(=O)c4ccnc(F)c4)c(Br)n3n2)n1C. The van der Waals surface area contributed by atoms with E-state index in [4.69, 9.17) is 0 Å². The molecule has 0 aliphatic carbocycles. The number of nitrogens with zero attached hydrogens (tertiary/aromatic N) is 6. The van der Waals surface area contributed by atoms with Crippen molar-refractivity contribution in [2.24, 2.45) is 7.05 Å². The van der Waals surface area contributed by atoms with Gasteiger partial charge in [0.2, 0.25) is 5.95 Å². The number of nitrogens with one attached hydrogen (secondary N) is 1. The van der Waals surface area contributed by atoms with E-state index in [2.05, 4.69) is 41.3 Å². The van der Waals surface area contributed by atoms with Crippen molar-refractivity contribution >= 4 is 33.3 Å². The number of imidazole rings is 2. The summed E-state index contributed by atoms with van der Waals surface area (Å²) in [6, 6.07) is 12.1. The van der Waals surface area contributed by atoms with Crippen molar-refractivity contribution < 1.29 is 13.6 Å². The summed E-state index contributed by atoms with van der Waals surface area (Å²) in [4.78, 5) is 25.0. The molecule has 8 nitrogen and oxygen atoms in total. The van der Waals surface area contributed by atoms with E-state index in [1.54, 1.807) is 24.3 Å². The van der Waals surface area contributed by atoms with Crippen molar-refractivity contribution in [3.05, 3.63) is 82.5 Å². The third-order valence-corrected chi connectivity index (χ3v) is 6.03. The smallest absolute Gasteiger partial charge is 0.257 e. The highest BCUT2D eigenvalue weighted by atomic mass is 79.9. The Labute approximate surface area is 200 Å². The lowest BCUT2D eigenvalue weighted by molar-refractivity contribution is 0.102. The van der Waals surface area contributed by atoms with Crippen LogP contribution in [0.15, 0.2) is 59.3 Å². The molecule has 4 aromatic heterocycles. The second kappa shape index (κ2) is 8.41. The first-order valence-electron chi connectivity index (χ1n) is 10.1. The third kappa shape index (κ3) is 3.83. The number of hydrogen-bond acceptors (Lipinski definition) is 5. The van der Waals surface area contributed by atoms with Crippen molar-refractivity contribution in [2.45, 2.75) is 6.92 Å². The van der Waals surface area contributed by atoms with Crippen LogP contribution in [0.2, 0.25) is 0 Å². The number of aryl methyl sites for hydroxylation is 1. The van der Waals surface area contributed by atoms with Gasteiger partial charge < -0.3 is 9.88 Å². The molecule has 0 spiro atoms. The lowest BCUT2D eigenvalue weighted by Crippen LogP contribution is -2.13. The van der Waals surface area contributed by atoms with Gasteiger partial charge in [-0.3, -0.25) is 4.79 Å². The summed E-state index contributed by atoms with van der Waals surface area (Å²) in [6.45, 7) is 1.87. The number of anilines is 1. The zero-order chi connectivity index (χ0) is 24.0. The molecule has 0 atom stereocenters. The molecule has 4 heterocycles. The van der Waals surface area contributed by atoms with Gasteiger partial charge in [0.25, 0.3) is 5.91 Å². The first-order valence-corrected chi connectivity index (χ1v) is 10.9. The predicted octanol–water partition coefficient (Wildman–Crippen LogP) is 4.79. The number of pyridine rings is 1. The van der Waals surface area contributed by atoms with Crippen LogP contribution in [0, 0.1) is 18.7 Å². The highest BCUT2D eigenvalue weighted by molar-refractivity contribution is 9.10. The zero-order valence-corrected chi connectivity index (χ0v) is 19.5. The maximum Gasteiger partial charge on any atom is 0.257 e. The van der Waals surface area contributed by atoms with Crippen LogP contribution in [-0.2, 0) is 7.05 Å². The molecule has 1 amide bonds. The molecule has 0 saturated carbocycles. The van der Waals surface area contributed by atoms with Crippen molar-refractivity contribution in [1.82, 2.24) is 29.1 Å². The third-order valence-electron chi connectivity index (χ3n) is 5.32. The Morgan fingerprint density at radius 3 is 2.56 bits per heavy atom. The molecule has 11 heteroatoms. The maximum absolute atomic E-state index is 13.4. The van der Waals surface area contributed by atoms with Gasteiger partial charge >= 0.3 is 0 Å². The number of rotatable bonds is 4. The Kier molecular flexibility index (Phi) is 5.40. The first kappa shape index (κ1) is 21.8. The minimum absolute atomic E-state index is 0.111. The molecule has 5 rings (SSSR count). The second-order valence-electron chi connectivity index (χ2n) is 7.48. The van der Waals surface area contributed by atoms with Crippen LogP contribution in [0.25, 0.3) is 28.3 Å². The van der Waals surface area contributed by atoms with Gasteiger partial charge in [-0.05, 0) is 65.3 Å². The molecular formula is C23H16BrF2N7O. The molecule has 0 bridgehead atoms. The molecule has 1 N–H and O–H groups in total. The lowest BCUT2D eigenvalue weighted by Gasteiger charge is -2.07. The number of amides is 1. The topological polar surface area (TPSA) is 90.0 Å². The predicted molar refractivity (Wildman–Crippen MR) is 125 cm³/mol. The summed E-state index contributed by atoms with van der Waals surface area (Å²) < 4.78 is 30.7. The van der Waals surface area contributed by atoms with Gasteiger partial charge in [-0.1, -0.05) is 0 Å². The van der Waals surface area contributed by atoms with Crippen LogP contribution in [-0.4, -0.2) is 35.0 Å². The number of fused-ring (bicyclic) bond motifs is 1. The quantitative estimate of drug-likeness (QED) is 0.342. The van der Waals surface area contributed by atoms with E-state index in [0.717, 1.165) is 23.1 Å². The summed E-state index contributed by atoms with van der Waals surface area (Å²) in [5, 5.41) is 7.34. The number of carbonyl (C=O) groups is 1. The van der Waals surface area contributed by atoms with Crippen molar-refractivity contribution in [3.63, 3.8) is 0 Å². The van der Waals surface area contributed by atoms with Crippen LogP contribution in [0.3, 0.4) is 0 Å². The molecule has 0 saturated heterocycles. The fourth-order valence-corrected chi connectivity index (χ4v) is 4.00. The summed E-state index contributed by atoms with van der Waals surface area (Å²) in [7, 11) is 1.87. The van der Waals surface area contributed by atoms with Crippen LogP contribution >= 0.6 is 15.9 Å². The fourth-order valence-electron chi connectivity index (χ4n) is 3.55. The van der Waals surface area contributed by atoms with Crippen LogP contribution in [0.4, 0.5) is 14.6 Å². The van der Waals surface area contributed by atoms with E-state index >= 15 is 0 Å². The Hall–Kier alpha value is -3.99. The largest absolute Gasteiger partial charge is 0.330 e. The Bertz CT molecular complexity index is 1560. The Morgan fingerprint density at radius 2 is 1.82 bits per heavy atom. The normalized spacial score (nSPS) is 11.2. The summed E-state index contributed by atoms with van der Waals surface area (Å²) in [5.74, 6) is -0.628. The lowest BCUT2D eigenvalue weighted by atomic mass is 10.1. The monoisotopic (exact) mass is 523 g/mol. The average molecular weight is 524 g/mol. The highest BCUT2D eigenvalue weighted by Crippen LogP contribution is 2.32. The molecule has 0 unspecified atom stereocenters. The Morgan fingerprint density at radius 1 is 1.06 bits per heavy atom. The summed E-state index contributed by atoms with van der Waals surface area (Å²) in [6.07, 6.45) is 1.21. The molecule has 5 aromatic rings. The summed E-state index contributed by atoms with van der Waals surface area (Å²) >= 11 is 3.44. The second-order valence-corrected chi connectivity index (χ2v) is 8.23. The van der Waals surface area contributed by atoms with Crippen molar-refractivity contribution in [3.8, 4) is 22.6 Å². The summed E-state index contributed by atoms with van der Waals surface area (Å²) in [5.41, 5.74) is 3.35. The van der Waals surface area contributed by atoms with Crippen LogP contribution < -0.4 is 5.32 Å². The van der Waals surface area contributed by atoms with Crippen LogP contribution in [0.5, 0.6) is 0 Å². The van der Waals surface area contributed by atoms with Gasteiger partial charge in [-0.15, -0.1) is 0 Å². The minimum Gasteiger partial charge on any atom is -0.330 e. The minimum atomic E-state index is -0.753. The molecule has 0 radical (unpaired) electrons. The van der Waals surface area contributed by atoms with Crippen LogP contribution in [0.1, 0.15) is 16.2 Å². The standard InChI is InChI=1S/C23H16BrF2N7O/c1-12-28-19(13-3-5-15(25)6-4-13)20(32(12)2)16-7-8-18-29-22(21(24)33(18)31-16)30-23(34)14-9-10-27-17(26)11-14/h3-11H,1-2H3,(H,30,34). The average Bonchev–Trinajstić information content (AvgIpc) is 3.29. The van der Waals surface area contributed by atoms with Gasteiger partial charge in [0, 0.05) is 30.4 Å². The fraction of sp³-hybridized carbons (Fsp3) is 0.0870. The van der Waals surface area contributed by atoms with Gasteiger partial charge in [0.15, 0.2) is 16.1 Å². The molecular weight excluding hydrogens is 508 g/mol. The van der Waals surface area contributed by atoms with Gasteiger partial charge in [-0.25, -0.2) is 23.9 Å². The number of halogens is 3. The number of benzene rings is 1. The molecule has 0 fully saturated rings.